The monoisotopic (exact) mass is 366 g/mol. The summed E-state index contributed by atoms with van der Waals surface area (Å²) in [4.78, 5) is 21.5. The third-order valence-corrected chi connectivity index (χ3v) is 2.35. The number of rotatable bonds is 16. The zero-order valence-corrected chi connectivity index (χ0v) is 15.3. The molecule has 0 aromatic carbocycles. The number of ether oxygens (including phenoxy) is 6. The van der Waals surface area contributed by atoms with E-state index in [1.807, 2.05) is 0 Å². The van der Waals surface area contributed by atoms with Crippen molar-refractivity contribution < 1.29 is 43.1 Å². The van der Waals surface area contributed by atoms with Crippen LogP contribution in [0.2, 0.25) is 0 Å². The average molecular weight is 366 g/mol. The molecule has 9 heteroatoms. The lowest BCUT2D eigenvalue weighted by atomic mass is 10.2. The van der Waals surface area contributed by atoms with Gasteiger partial charge in [-0.3, -0.25) is 0 Å². The van der Waals surface area contributed by atoms with Crippen LogP contribution < -0.4 is 0 Å². The number of hydrogen-bond donors (Lipinski definition) is 1. The van der Waals surface area contributed by atoms with Gasteiger partial charge in [0, 0.05) is 0 Å². The molecule has 9 nitrogen and oxygen atoms in total. The fourth-order valence-electron chi connectivity index (χ4n) is 1.46. The van der Waals surface area contributed by atoms with Crippen molar-refractivity contribution >= 4 is 11.9 Å². The molecule has 148 valence electrons. The van der Waals surface area contributed by atoms with Crippen LogP contribution in [-0.4, -0.2) is 88.7 Å². The summed E-state index contributed by atoms with van der Waals surface area (Å²) in [6.07, 6.45) is 0. The van der Waals surface area contributed by atoms with Crippen LogP contribution in [0.5, 0.6) is 0 Å². The van der Waals surface area contributed by atoms with Crippen molar-refractivity contribution in [1.29, 1.82) is 0 Å². The summed E-state index contributed by atoms with van der Waals surface area (Å²) < 4.78 is 30.8. The smallest absolute Gasteiger partial charge is 0.332 e. The molecular formula is C16H30O9. The summed E-state index contributed by atoms with van der Waals surface area (Å²) >= 11 is 0. The maximum Gasteiger partial charge on any atom is 0.332 e. The van der Waals surface area contributed by atoms with Gasteiger partial charge in [-0.2, -0.15) is 0 Å². The third kappa shape index (κ3) is 20.7. The Labute approximate surface area is 148 Å². The van der Waals surface area contributed by atoms with Gasteiger partial charge in [-0.15, -0.1) is 0 Å². The standard InChI is InChI=1S/C16H30O9/c1-16(2,3)25-15(19)13-24-11-9-22-7-5-20-4-6-21-8-10-23-12-14(17)18/h4-13H2,1-3H3,(H,17,18). The van der Waals surface area contributed by atoms with E-state index in [1.54, 1.807) is 20.8 Å². The zero-order valence-electron chi connectivity index (χ0n) is 15.3. The molecule has 0 rings (SSSR count). The van der Waals surface area contributed by atoms with Gasteiger partial charge in [-0.25, -0.2) is 9.59 Å². The molecule has 0 aliphatic heterocycles. The Morgan fingerprint density at radius 1 is 0.680 bits per heavy atom. The number of carbonyl (C=O) groups excluding carboxylic acids is 1. The second-order valence-electron chi connectivity index (χ2n) is 5.92. The Balaban J connectivity index is 3.17. The molecule has 0 radical (unpaired) electrons. The van der Waals surface area contributed by atoms with E-state index in [4.69, 9.17) is 33.5 Å². The number of carbonyl (C=O) groups is 2. The predicted molar refractivity (Wildman–Crippen MR) is 87.6 cm³/mol. The Morgan fingerprint density at radius 3 is 1.40 bits per heavy atom. The molecule has 0 unspecified atom stereocenters. The molecule has 0 bridgehead atoms. The van der Waals surface area contributed by atoms with E-state index < -0.39 is 17.5 Å². The number of carboxylic acid groups (broad SMARTS) is 1. The van der Waals surface area contributed by atoms with Crippen LogP contribution in [0.15, 0.2) is 0 Å². The van der Waals surface area contributed by atoms with Crippen LogP contribution in [-0.2, 0) is 38.0 Å². The van der Waals surface area contributed by atoms with E-state index in [-0.39, 0.29) is 19.8 Å². The van der Waals surface area contributed by atoms with E-state index in [1.165, 1.54) is 0 Å². The summed E-state index contributed by atoms with van der Waals surface area (Å²) in [6.45, 7) is 7.85. The van der Waals surface area contributed by atoms with Crippen LogP contribution in [0.1, 0.15) is 20.8 Å². The van der Waals surface area contributed by atoms with E-state index >= 15 is 0 Å². The number of hydrogen-bond acceptors (Lipinski definition) is 8. The summed E-state index contributed by atoms with van der Waals surface area (Å²) in [7, 11) is 0. The molecule has 0 saturated carbocycles. The van der Waals surface area contributed by atoms with E-state index in [2.05, 4.69) is 0 Å². The van der Waals surface area contributed by atoms with Crippen LogP contribution in [0, 0.1) is 0 Å². The SMILES string of the molecule is CC(C)(C)OC(=O)COCCOCCOCCOCCOCC(=O)O. The fraction of sp³-hybridized carbons (Fsp3) is 0.875. The molecule has 0 amide bonds. The molecule has 0 atom stereocenters. The third-order valence-electron chi connectivity index (χ3n) is 2.35. The summed E-state index contributed by atoms with van der Waals surface area (Å²) in [5.74, 6) is -1.40. The van der Waals surface area contributed by atoms with Crippen LogP contribution in [0.25, 0.3) is 0 Å². The van der Waals surface area contributed by atoms with Crippen LogP contribution in [0.4, 0.5) is 0 Å². The highest BCUT2D eigenvalue weighted by atomic mass is 16.6. The van der Waals surface area contributed by atoms with Crippen molar-refractivity contribution in [3.63, 3.8) is 0 Å². The first-order valence-electron chi connectivity index (χ1n) is 8.13. The molecule has 0 aliphatic carbocycles. The maximum absolute atomic E-state index is 11.4. The molecular weight excluding hydrogens is 336 g/mol. The number of esters is 1. The number of carboxylic acids is 1. The van der Waals surface area contributed by atoms with Gasteiger partial charge >= 0.3 is 11.9 Å². The van der Waals surface area contributed by atoms with Crippen molar-refractivity contribution in [2.75, 3.05) is 66.1 Å². The van der Waals surface area contributed by atoms with Gasteiger partial charge in [-0.05, 0) is 20.8 Å². The Kier molecular flexibility index (Phi) is 14.3. The summed E-state index contributed by atoms with van der Waals surface area (Å²) in [5, 5.41) is 8.34. The molecule has 0 spiro atoms. The highest BCUT2D eigenvalue weighted by Gasteiger charge is 2.15. The largest absolute Gasteiger partial charge is 0.480 e. The topological polar surface area (TPSA) is 110 Å². The van der Waals surface area contributed by atoms with Crippen molar-refractivity contribution in [2.24, 2.45) is 0 Å². The van der Waals surface area contributed by atoms with Crippen molar-refractivity contribution in [3.8, 4) is 0 Å². The van der Waals surface area contributed by atoms with Crippen molar-refractivity contribution in [2.45, 2.75) is 26.4 Å². The molecule has 0 heterocycles. The maximum atomic E-state index is 11.4. The van der Waals surface area contributed by atoms with E-state index in [9.17, 15) is 9.59 Å². The fourth-order valence-corrected chi connectivity index (χ4v) is 1.46. The molecule has 0 aromatic rings. The second-order valence-corrected chi connectivity index (χ2v) is 5.92. The lowest BCUT2D eigenvalue weighted by Crippen LogP contribution is -2.27. The Hall–Kier alpha value is -1.26. The lowest BCUT2D eigenvalue weighted by Gasteiger charge is -2.19. The van der Waals surface area contributed by atoms with E-state index in [0.29, 0.717) is 46.2 Å². The molecule has 0 fully saturated rings. The van der Waals surface area contributed by atoms with Gasteiger partial charge in [-0.1, -0.05) is 0 Å². The minimum absolute atomic E-state index is 0.0926. The van der Waals surface area contributed by atoms with Gasteiger partial charge < -0.3 is 33.5 Å². The molecule has 0 aliphatic rings. The van der Waals surface area contributed by atoms with Gasteiger partial charge in [0.2, 0.25) is 0 Å². The van der Waals surface area contributed by atoms with Crippen molar-refractivity contribution in [1.82, 2.24) is 0 Å². The zero-order chi connectivity index (χ0) is 19.0. The highest BCUT2D eigenvalue weighted by molar-refractivity contribution is 5.71. The minimum atomic E-state index is -1.00. The molecule has 25 heavy (non-hydrogen) atoms. The first-order valence-corrected chi connectivity index (χ1v) is 8.13. The lowest BCUT2D eigenvalue weighted by molar-refractivity contribution is -0.160. The molecule has 1 N–H and O–H groups in total. The normalized spacial score (nSPS) is 11.5. The van der Waals surface area contributed by atoms with Gasteiger partial charge in [0.05, 0.1) is 52.9 Å². The first kappa shape index (κ1) is 23.7. The minimum Gasteiger partial charge on any atom is -0.480 e. The molecule has 0 aromatic heterocycles. The Morgan fingerprint density at radius 2 is 1.04 bits per heavy atom. The van der Waals surface area contributed by atoms with Gasteiger partial charge in [0.15, 0.2) is 0 Å². The van der Waals surface area contributed by atoms with Crippen LogP contribution in [0.3, 0.4) is 0 Å². The van der Waals surface area contributed by atoms with Crippen molar-refractivity contribution in [3.05, 3.63) is 0 Å². The van der Waals surface area contributed by atoms with Gasteiger partial charge in [0.25, 0.3) is 0 Å². The highest BCUT2D eigenvalue weighted by Crippen LogP contribution is 2.06. The first-order chi connectivity index (χ1) is 11.8. The summed E-state index contributed by atoms with van der Waals surface area (Å²) in [6, 6.07) is 0. The molecule has 0 saturated heterocycles. The Bertz CT molecular complexity index is 352. The second kappa shape index (κ2) is 15.0. The van der Waals surface area contributed by atoms with E-state index in [0.717, 1.165) is 0 Å². The quantitative estimate of drug-likeness (QED) is 0.308. The summed E-state index contributed by atoms with van der Waals surface area (Å²) in [5.41, 5.74) is -0.510. The van der Waals surface area contributed by atoms with Crippen LogP contribution >= 0.6 is 0 Å². The predicted octanol–water partition coefficient (Wildman–Crippen LogP) is 0.496. The average Bonchev–Trinajstić information content (AvgIpc) is 2.49. The number of aliphatic carboxylic acids is 1. The van der Waals surface area contributed by atoms with Gasteiger partial charge in [0.1, 0.15) is 18.8 Å².